The summed E-state index contributed by atoms with van der Waals surface area (Å²) in [7, 11) is 0. The zero-order chi connectivity index (χ0) is 13.1. The average Bonchev–Trinajstić information content (AvgIpc) is 2.88. The summed E-state index contributed by atoms with van der Waals surface area (Å²) >= 11 is 5.36. The van der Waals surface area contributed by atoms with Crippen LogP contribution < -0.4 is 4.90 Å². The summed E-state index contributed by atoms with van der Waals surface area (Å²) < 4.78 is 1.12. The lowest BCUT2D eigenvalue weighted by molar-refractivity contribution is 1.31. The molecule has 0 aliphatic rings. The van der Waals surface area contributed by atoms with Crippen LogP contribution in [-0.4, -0.2) is 0 Å². The zero-order valence-electron chi connectivity index (χ0n) is 10.2. The van der Waals surface area contributed by atoms with E-state index in [-0.39, 0.29) is 0 Å². The molecule has 0 amide bonds. The number of thiophene rings is 1. The summed E-state index contributed by atoms with van der Waals surface area (Å²) in [4.78, 5) is 2.26. The molecule has 0 saturated heterocycles. The topological polar surface area (TPSA) is 3.24 Å². The van der Waals surface area contributed by atoms with E-state index in [2.05, 4.69) is 80.8 Å². The molecule has 0 fully saturated rings. The van der Waals surface area contributed by atoms with Crippen LogP contribution in [0.1, 0.15) is 0 Å². The molecule has 0 radical (unpaired) electrons. The van der Waals surface area contributed by atoms with Gasteiger partial charge in [0.2, 0.25) is 0 Å². The van der Waals surface area contributed by atoms with Crippen molar-refractivity contribution in [3.8, 4) is 0 Å². The maximum atomic E-state index is 3.63. The second-order valence-corrected chi connectivity index (χ2v) is 5.83. The third-order valence-corrected chi connectivity index (χ3v) is 4.63. The van der Waals surface area contributed by atoms with E-state index in [1.54, 1.807) is 11.3 Å². The van der Waals surface area contributed by atoms with Crippen molar-refractivity contribution in [1.29, 1.82) is 0 Å². The van der Waals surface area contributed by atoms with Gasteiger partial charge in [0.1, 0.15) is 5.00 Å². The van der Waals surface area contributed by atoms with Crippen molar-refractivity contribution in [1.82, 2.24) is 0 Å². The molecule has 0 saturated carbocycles. The predicted molar refractivity (Wildman–Crippen MR) is 86.7 cm³/mol. The Kier molecular flexibility index (Phi) is 3.67. The zero-order valence-corrected chi connectivity index (χ0v) is 12.6. The minimum atomic E-state index is 1.12. The molecule has 3 heteroatoms. The SMILES string of the molecule is Brc1ccsc1N(c1ccccc1)c1ccccc1. The molecule has 94 valence electrons. The van der Waals surface area contributed by atoms with E-state index >= 15 is 0 Å². The van der Waals surface area contributed by atoms with Crippen molar-refractivity contribution < 1.29 is 0 Å². The fourth-order valence-electron chi connectivity index (χ4n) is 1.98. The van der Waals surface area contributed by atoms with Gasteiger partial charge in [0.25, 0.3) is 0 Å². The maximum Gasteiger partial charge on any atom is 0.114 e. The van der Waals surface area contributed by atoms with Crippen LogP contribution in [0.2, 0.25) is 0 Å². The van der Waals surface area contributed by atoms with Gasteiger partial charge in [-0.25, -0.2) is 0 Å². The summed E-state index contributed by atoms with van der Waals surface area (Å²) in [5, 5.41) is 3.29. The fraction of sp³-hybridized carbons (Fsp3) is 0. The Balaban J connectivity index is 2.15. The van der Waals surface area contributed by atoms with Gasteiger partial charge >= 0.3 is 0 Å². The quantitative estimate of drug-likeness (QED) is 0.571. The van der Waals surface area contributed by atoms with Crippen molar-refractivity contribution in [2.45, 2.75) is 0 Å². The highest BCUT2D eigenvalue weighted by atomic mass is 79.9. The monoisotopic (exact) mass is 329 g/mol. The molecule has 2 aromatic carbocycles. The Morgan fingerprint density at radius 2 is 1.26 bits per heavy atom. The van der Waals surface area contributed by atoms with E-state index < -0.39 is 0 Å². The highest BCUT2D eigenvalue weighted by Crippen LogP contribution is 2.41. The Morgan fingerprint density at radius 3 is 1.68 bits per heavy atom. The van der Waals surface area contributed by atoms with Gasteiger partial charge in [0.05, 0.1) is 4.47 Å². The lowest BCUT2D eigenvalue weighted by Gasteiger charge is -2.24. The standard InChI is InChI=1S/C16H12BrNS/c17-15-11-12-19-16(15)18(13-7-3-1-4-8-13)14-9-5-2-6-10-14/h1-12H. The molecule has 0 bridgehead atoms. The molecule has 1 aromatic heterocycles. The Labute approximate surface area is 125 Å². The largest absolute Gasteiger partial charge is 0.301 e. The smallest absolute Gasteiger partial charge is 0.114 e. The van der Waals surface area contributed by atoms with Gasteiger partial charge in [-0.3, -0.25) is 0 Å². The minimum absolute atomic E-state index is 1.12. The molecule has 0 unspecified atom stereocenters. The van der Waals surface area contributed by atoms with Gasteiger partial charge in [0.15, 0.2) is 0 Å². The maximum absolute atomic E-state index is 3.63. The van der Waals surface area contributed by atoms with E-state index in [0.717, 1.165) is 15.8 Å². The molecule has 1 heterocycles. The van der Waals surface area contributed by atoms with Gasteiger partial charge in [-0.05, 0) is 51.6 Å². The van der Waals surface area contributed by atoms with Crippen LogP contribution >= 0.6 is 27.3 Å². The summed E-state index contributed by atoms with van der Waals surface area (Å²) in [6, 6.07) is 22.9. The van der Waals surface area contributed by atoms with Gasteiger partial charge in [-0.2, -0.15) is 0 Å². The Hall–Kier alpha value is -1.58. The van der Waals surface area contributed by atoms with Crippen LogP contribution in [0.5, 0.6) is 0 Å². The summed E-state index contributed by atoms with van der Waals surface area (Å²) in [6.45, 7) is 0. The summed E-state index contributed by atoms with van der Waals surface area (Å²) in [5.74, 6) is 0. The summed E-state index contributed by atoms with van der Waals surface area (Å²) in [6.07, 6.45) is 0. The molecule has 0 aliphatic heterocycles. The third kappa shape index (κ3) is 2.57. The molecule has 1 nitrogen and oxygen atoms in total. The normalized spacial score (nSPS) is 10.4. The number of benzene rings is 2. The minimum Gasteiger partial charge on any atom is -0.301 e. The molecule has 0 atom stereocenters. The molecule has 0 aliphatic carbocycles. The second-order valence-electron chi connectivity index (χ2n) is 4.08. The predicted octanol–water partition coefficient (Wildman–Crippen LogP) is 5.98. The molecule has 0 spiro atoms. The molecule has 3 rings (SSSR count). The number of nitrogens with zero attached hydrogens (tertiary/aromatic N) is 1. The molecular formula is C16H12BrNS. The van der Waals surface area contributed by atoms with E-state index in [0.29, 0.717) is 0 Å². The molecule has 0 N–H and O–H groups in total. The van der Waals surface area contributed by atoms with E-state index in [1.807, 2.05) is 12.1 Å². The van der Waals surface area contributed by atoms with Crippen LogP contribution in [0.4, 0.5) is 16.4 Å². The van der Waals surface area contributed by atoms with Crippen LogP contribution in [0.15, 0.2) is 76.6 Å². The van der Waals surface area contributed by atoms with Gasteiger partial charge in [-0.15, -0.1) is 11.3 Å². The van der Waals surface area contributed by atoms with Gasteiger partial charge in [0, 0.05) is 11.4 Å². The third-order valence-electron chi connectivity index (χ3n) is 2.83. The Morgan fingerprint density at radius 1 is 0.737 bits per heavy atom. The number of hydrogen-bond acceptors (Lipinski definition) is 2. The lowest BCUT2D eigenvalue weighted by Crippen LogP contribution is -2.08. The number of para-hydroxylation sites is 2. The van der Waals surface area contributed by atoms with Crippen LogP contribution in [0.3, 0.4) is 0 Å². The highest BCUT2D eigenvalue weighted by Gasteiger charge is 2.15. The Bertz CT molecular complexity index is 609. The number of rotatable bonds is 3. The first kappa shape index (κ1) is 12.5. The van der Waals surface area contributed by atoms with Crippen molar-refractivity contribution in [3.05, 3.63) is 76.6 Å². The van der Waals surface area contributed by atoms with Gasteiger partial charge < -0.3 is 4.90 Å². The average molecular weight is 330 g/mol. The number of hydrogen-bond donors (Lipinski definition) is 0. The number of anilines is 3. The van der Waals surface area contributed by atoms with Gasteiger partial charge in [-0.1, -0.05) is 36.4 Å². The van der Waals surface area contributed by atoms with Crippen molar-refractivity contribution in [3.63, 3.8) is 0 Å². The second kappa shape index (κ2) is 5.59. The summed E-state index contributed by atoms with van der Waals surface area (Å²) in [5.41, 5.74) is 2.33. The van der Waals surface area contributed by atoms with Crippen molar-refractivity contribution >= 4 is 43.6 Å². The van der Waals surface area contributed by atoms with E-state index in [9.17, 15) is 0 Å². The fourth-order valence-corrected chi connectivity index (χ4v) is 3.58. The lowest BCUT2D eigenvalue weighted by atomic mass is 10.2. The first-order chi connectivity index (χ1) is 9.36. The van der Waals surface area contributed by atoms with Crippen LogP contribution in [0, 0.1) is 0 Å². The van der Waals surface area contributed by atoms with E-state index in [1.165, 1.54) is 5.00 Å². The van der Waals surface area contributed by atoms with Crippen LogP contribution in [0.25, 0.3) is 0 Å². The van der Waals surface area contributed by atoms with Crippen molar-refractivity contribution in [2.75, 3.05) is 4.90 Å². The number of halogens is 1. The molecule has 19 heavy (non-hydrogen) atoms. The first-order valence-electron chi connectivity index (χ1n) is 5.99. The van der Waals surface area contributed by atoms with E-state index in [4.69, 9.17) is 0 Å². The van der Waals surface area contributed by atoms with Crippen molar-refractivity contribution in [2.24, 2.45) is 0 Å². The molecular weight excluding hydrogens is 318 g/mol. The molecule has 3 aromatic rings. The van der Waals surface area contributed by atoms with Crippen LogP contribution in [-0.2, 0) is 0 Å². The highest BCUT2D eigenvalue weighted by molar-refractivity contribution is 9.10. The first-order valence-corrected chi connectivity index (χ1v) is 7.67.